The summed E-state index contributed by atoms with van der Waals surface area (Å²) in [4.78, 5) is 11.5. The van der Waals surface area contributed by atoms with Gasteiger partial charge in [0.05, 0.1) is 4.47 Å². The molecule has 4 nitrogen and oxygen atoms in total. The minimum atomic E-state index is 0.792. The molecule has 0 bridgehead atoms. The van der Waals surface area contributed by atoms with Gasteiger partial charge in [-0.3, -0.25) is 0 Å². The van der Waals surface area contributed by atoms with Gasteiger partial charge in [0.2, 0.25) is 0 Å². The largest absolute Gasteiger partial charge is 0.369 e. The summed E-state index contributed by atoms with van der Waals surface area (Å²) in [5.74, 6) is 1.82. The Bertz CT molecular complexity index is 456. The third kappa shape index (κ3) is 3.05. The number of nitrogens with one attached hydrogen (secondary N) is 2. The number of halogens is 2. The number of H-pyrrole nitrogens is 1. The first-order valence-electron chi connectivity index (χ1n) is 4.79. The Hall–Kier alpha value is -0.880. The molecule has 2 aromatic heterocycles. The molecule has 0 saturated heterocycles. The SMILES string of the molecule is Brc1cnc(NCCc2ncc[nH]2)c(Br)c1. The molecule has 84 valence electrons. The van der Waals surface area contributed by atoms with Gasteiger partial charge in [-0.05, 0) is 37.9 Å². The molecule has 0 radical (unpaired) electrons. The molecule has 16 heavy (non-hydrogen) atoms. The minimum absolute atomic E-state index is 0.792. The van der Waals surface area contributed by atoms with E-state index < -0.39 is 0 Å². The van der Waals surface area contributed by atoms with Gasteiger partial charge in [0.1, 0.15) is 11.6 Å². The van der Waals surface area contributed by atoms with E-state index in [2.05, 4.69) is 52.1 Å². The number of hydrogen-bond donors (Lipinski definition) is 2. The van der Waals surface area contributed by atoms with Gasteiger partial charge >= 0.3 is 0 Å². The van der Waals surface area contributed by atoms with Crippen molar-refractivity contribution in [1.82, 2.24) is 15.0 Å². The number of aromatic amines is 1. The highest BCUT2D eigenvalue weighted by Gasteiger charge is 2.01. The lowest BCUT2D eigenvalue weighted by atomic mass is 10.4. The van der Waals surface area contributed by atoms with Gasteiger partial charge in [0.15, 0.2) is 0 Å². The van der Waals surface area contributed by atoms with Crippen LogP contribution in [-0.2, 0) is 6.42 Å². The van der Waals surface area contributed by atoms with Gasteiger partial charge in [-0.1, -0.05) is 0 Å². The molecule has 6 heteroatoms. The van der Waals surface area contributed by atoms with Crippen molar-refractivity contribution in [2.24, 2.45) is 0 Å². The summed E-state index contributed by atoms with van der Waals surface area (Å²) in [5, 5.41) is 3.24. The fraction of sp³-hybridized carbons (Fsp3) is 0.200. The lowest BCUT2D eigenvalue weighted by molar-refractivity contribution is 0.920. The molecule has 0 aliphatic heterocycles. The minimum Gasteiger partial charge on any atom is -0.369 e. The maximum Gasteiger partial charge on any atom is 0.140 e. The van der Waals surface area contributed by atoms with Crippen molar-refractivity contribution >= 4 is 37.7 Å². The summed E-state index contributed by atoms with van der Waals surface area (Å²) < 4.78 is 1.90. The van der Waals surface area contributed by atoms with Crippen molar-refractivity contribution in [3.63, 3.8) is 0 Å². The molecule has 2 aromatic rings. The molecule has 2 N–H and O–H groups in total. The molecule has 0 saturated carbocycles. The Labute approximate surface area is 110 Å². The normalized spacial score (nSPS) is 10.4. The Kier molecular flexibility index (Phi) is 3.95. The molecule has 0 unspecified atom stereocenters. The van der Waals surface area contributed by atoms with E-state index in [0.29, 0.717) is 0 Å². The number of imidazole rings is 1. The highest BCUT2D eigenvalue weighted by molar-refractivity contribution is 9.11. The summed E-state index contributed by atoms with van der Waals surface area (Å²) in [6.45, 7) is 0.792. The molecule has 0 spiro atoms. The smallest absolute Gasteiger partial charge is 0.140 e. The van der Waals surface area contributed by atoms with E-state index >= 15 is 0 Å². The topological polar surface area (TPSA) is 53.6 Å². The number of nitrogens with zero attached hydrogens (tertiary/aromatic N) is 2. The molecule has 0 atom stereocenters. The average Bonchev–Trinajstić information content (AvgIpc) is 2.74. The zero-order valence-electron chi connectivity index (χ0n) is 8.37. The fourth-order valence-corrected chi connectivity index (χ4v) is 2.41. The van der Waals surface area contributed by atoms with E-state index in [1.54, 1.807) is 12.4 Å². The van der Waals surface area contributed by atoms with Crippen molar-refractivity contribution in [1.29, 1.82) is 0 Å². The maximum absolute atomic E-state index is 4.26. The molecule has 2 rings (SSSR count). The second kappa shape index (κ2) is 5.45. The first-order chi connectivity index (χ1) is 7.75. The summed E-state index contributed by atoms with van der Waals surface area (Å²) in [5.41, 5.74) is 0. The van der Waals surface area contributed by atoms with E-state index in [1.807, 2.05) is 12.3 Å². The molecule has 0 aliphatic rings. The lowest BCUT2D eigenvalue weighted by Crippen LogP contribution is -2.07. The third-order valence-corrected chi connectivity index (χ3v) is 3.06. The van der Waals surface area contributed by atoms with E-state index in [9.17, 15) is 0 Å². The number of hydrogen-bond acceptors (Lipinski definition) is 3. The summed E-state index contributed by atoms with van der Waals surface area (Å²) >= 11 is 6.81. The molecule has 0 fully saturated rings. The standard InChI is InChI=1S/C10H10Br2N4/c11-7-5-8(12)10(16-6-7)15-2-1-9-13-3-4-14-9/h3-6H,1-2H2,(H,13,14)(H,15,16). The van der Waals surface area contributed by atoms with Crippen molar-refractivity contribution < 1.29 is 0 Å². The Morgan fingerprint density at radius 1 is 1.31 bits per heavy atom. The first-order valence-corrected chi connectivity index (χ1v) is 6.37. The quantitative estimate of drug-likeness (QED) is 0.895. The molecule has 2 heterocycles. The van der Waals surface area contributed by atoms with Crippen LogP contribution in [0, 0.1) is 0 Å². The molecular weight excluding hydrogens is 336 g/mol. The van der Waals surface area contributed by atoms with Gasteiger partial charge in [-0.2, -0.15) is 0 Å². The predicted molar refractivity (Wildman–Crippen MR) is 70.4 cm³/mol. The lowest BCUT2D eigenvalue weighted by Gasteiger charge is -2.06. The summed E-state index contributed by atoms with van der Waals surface area (Å²) in [6.07, 6.45) is 6.18. The predicted octanol–water partition coefficient (Wildman–Crippen LogP) is 2.98. The Morgan fingerprint density at radius 3 is 2.88 bits per heavy atom. The van der Waals surface area contributed by atoms with Crippen LogP contribution in [0.25, 0.3) is 0 Å². The van der Waals surface area contributed by atoms with Gasteiger partial charge in [-0.25, -0.2) is 9.97 Å². The summed E-state index contributed by atoms with van der Waals surface area (Å²) in [6, 6.07) is 1.96. The Morgan fingerprint density at radius 2 is 2.19 bits per heavy atom. The van der Waals surface area contributed by atoms with Crippen LogP contribution in [0.4, 0.5) is 5.82 Å². The number of rotatable bonds is 4. The first kappa shape index (κ1) is 11.6. The van der Waals surface area contributed by atoms with Crippen molar-refractivity contribution in [3.05, 3.63) is 39.4 Å². The number of pyridine rings is 1. The van der Waals surface area contributed by atoms with Crippen LogP contribution < -0.4 is 5.32 Å². The molecule has 0 aliphatic carbocycles. The Balaban J connectivity index is 1.90. The number of aromatic nitrogens is 3. The third-order valence-electron chi connectivity index (χ3n) is 2.02. The zero-order valence-corrected chi connectivity index (χ0v) is 11.5. The van der Waals surface area contributed by atoms with Crippen LogP contribution in [0.1, 0.15) is 5.82 Å². The van der Waals surface area contributed by atoms with Gasteiger partial charge < -0.3 is 10.3 Å². The van der Waals surface area contributed by atoms with Gasteiger partial charge in [-0.15, -0.1) is 0 Å². The van der Waals surface area contributed by atoms with Crippen molar-refractivity contribution in [2.45, 2.75) is 6.42 Å². The molecule has 0 amide bonds. The van der Waals surface area contributed by atoms with Gasteiger partial charge in [0, 0.05) is 36.0 Å². The van der Waals surface area contributed by atoms with Gasteiger partial charge in [0.25, 0.3) is 0 Å². The highest BCUT2D eigenvalue weighted by Crippen LogP contribution is 2.23. The van der Waals surface area contributed by atoms with Crippen LogP contribution in [0.5, 0.6) is 0 Å². The van der Waals surface area contributed by atoms with Crippen molar-refractivity contribution in [3.8, 4) is 0 Å². The fourth-order valence-electron chi connectivity index (χ4n) is 1.28. The van der Waals surface area contributed by atoms with E-state index in [-0.39, 0.29) is 0 Å². The van der Waals surface area contributed by atoms with E-state index in [1.165, 1.54) is 0 Å². The van der Waals surface area contributed by atoms with Crippen LogP contribution in [0.2, 0.25) is 0 Å². The van der Waals surface area contributed by atoms with Crippen LogP contribution >= 0.6 is 31.9 Å². The highest BCUT2D eigenvalue weighted by atomic mass is 79.9. The second-order valence-electron chi connectivity index (χ2n) is 3.20. The maximum atomic E-state index is 4.26. The summed E-state index contributed by atoms with van der Waals surface area (Å²) in [7, 11) is 0. The van der Waals surface area contributed by atoms with E-state index in [0.717, 1.165) is 33.6 Å². The van der Waals surface area contributed by atoms with Crippen LogP contribution in [-0.4, -0.2) is 21.5 Å². The zero-order chi connectivity index (χ0) is 11.4. The average molecular weight is 346 g/mol. The van der Waals surface area contributed by atoms with Crippen molar-refractivity contribution in [2.75, 3.05) is 11.9 Å². The molecule has 0 aromatic carbocycles. The van der Waals surface area contributed by atoms with Crippen LogP contribution in [0.15, 0.2) is 33.6 Å². The molecular formula is C10H10Br2N4. The number of anilines is 1. The second-order valence-corrected chi connectivity index (χ2v) is 4.97. The van der Waals surface area contributed by atoms with E-state index in [4.69, 9.17) is 0 Å². The van der Waals surface area contributed by atoms with Crippen LogP contribution in [0.3, 0.4) is 0 Å². The monoisotopic (exact) mass is 344 g/mol.